The van der Waals surface area contributed by atoms with E-state index < -0.39 is 17.9 Å². The number of rotatable bonds is 3. The predicted molar refractivity (Wildman–Crippen MR) is 138 cm³/mol. The van der Waals surface area contributed by atoms with Crippen molar-refractivity contribution >= 4 is 40.2 Å². The molecule has 11 heteroatoms. The van der Waals surface area contributed by atoms with E-state index in [1.807, 2.05) is 19.9 Å². The summed E-state index contributed by atoms with van der Waals surface area (Å²) in [6.45, 7) is 4.75. The topological polar surface area (TPSA) is 111 Å². The fourth-order valence-corrected chi connectivity index (χ4v) is 4.39. The molecular weight excluding hydrogens is 497 g/mol. The van der Waals surface area contributed by atoms with Crippen LogP contribution in [0.15, 0.2) is 42.7 Å². The third-order valence-electron chi connectivity index (χ3n) is 6.11. The lowest BCUT2D eigenvalue weighted by Crippen LogP contribution is -2.33. The van der Waals surface area contributed by atoms with Gasteiger partial charge in [0.1, 0.15) is 23.7 Å². The number of aromatic nitrogens is 4. The van der Waals surface area contributed by atoms with E-state index in [4.69, 9.17) is 22.2 Å². The third kappa shape index (κ3) is 4.67. The highest BCUT2D eigenvalue weighted by Gasteiger charge is 2.34. The minimum absolute atomic E-state index is 0.00336. The van der Waals surface area contributed by atoms with Gasteiger partial charge in [0.2, 0.25) is 0 Å². The summed E-state index contributed by atoms with van der Waals surface area (Å²) >= 11 is 5.94. The van der Waals surface area contributed by atoms with Crippen LogP contribution < -0.4 is 11.1 Å². The molecule has 0 saturated carbocycles. The van der Waals surface area contributed by atoms with E-state index in [1.54, 1.807) is 28.9 Å². The number of anilines is 2. The van der Waals surface area contributed by atoms with Gasteiger partial charge in [-0.05, 0) is 43.5 Å². The fraction of sp³-hybridized carbons (Fsp3) is 0.231. The van der Waals surface area contributed by atoms with E-state index in [1.165, 1.54) is 12.4 Å². The lowest BCUT2D eigenvalue weighted by atomic mass is 10.0. The molecule has 0 unspecified atom stereocenters. The molecule has 0 spiro atoms. The number of halogens is 2. The molecule has 3 N–H and O–H groups in total. The van der Waals surface area contributed by atoms with Crippen LogP contribution in [-0.2, 0) is 11.4 Å². The average molecular weight is 520 g/mol. The van der Waals surface area contributed by atoms with E-state index in [9.17, 15) is 9.18 Å². The summed E-state index contributed by atoms with van der Waals surface area (Å²) in [6, 6.07) is 8.94. The zero-order valence-electron chi connectivity index (χ0n) is 20.1. The second kappa shape index (κ2) is 10.0. The monoisotopic (exact) mass is 519 g/mol. The predicted octanol–water partition coefficient (Wildman–Crippen LogP) is 4.84. The molecule has 2 aromatic carbocycles. The molecule has 1 atom stereocenters. The van der Waals surface area contributed by atoms with Crippen LogP contribution in [0.2, 0.25) is 5.02 Å². The van der Waals surface area contributed by atoms with Gasteiger partial charge >= 0.3 is 6.03 Å². The first-order valence-electron chi connectivity index (χ1n) is 11.6. The molecule has 37 heavy (non-hydrogen) atoms. The molecule has 4 aromatic rings. The first-order chi connectivity index (χ1) is 17.9. The number of hydroxylamine groups is 2. The van der Waals surface area contributed by atoms with Crippen LogP contribution in [0.5, 0.6) is 0 Å². The number of carbonyl (C=O) groups is 1. The number of nitrogen functional groups attached to an aromatic ring is 1. The van der Waals surface area contributed by atoms with Crippen LogP contribution in [0.4, 0.5) is 20.7 Å². The molecule has 3 heterocycles. The van der Waals surface area contributed by atoms with Crippen LogP contribution in [0.1, 0.15) is 41.8 Å². The number of hydrogen-bond acceptors (Lipinski definition) is 6. The lowest BCUT2D eigenvalue weighted by molar-refractivity contribution is -0.0834. The summed E-state index contributed by atoms with van der Waals surface area (Å²) in [5.41, 5.74) is 9.56. The molecule has 0 radical (unpaired) electrons. The van der Waals surface area contributed by atoms with Gasteiger partial charge in [0.15, 0.2) is 5.65 Å². The van der Waals surface area contributed by atoms with Crippen molar-refractivity contribution in [2.75, 3.05) is 17.7 Å². The zero-order valence-corrected chi connectivity index (χ0v) is 20.9. The summed E-state index contributed by atoms with van der Waals surface area (Å²) in [4.78, 5) is 26.9. The molecule has 9 nitrogen and oxygen atoms in total. The molecule has 1 saturated heterocycles. The van der Waals surface area contributed by atoms with Crippen molar-refractivity contribution in [3.8, 4) is 11.8 Å². The van der Waals surface area contributed by atoms with Crippen molar-refractivity contribution in [1.29, 1.82) is 0 Å². The molecule has 2 amide bonds. The van der Waals surface area contributed by atoms with Gasteiger partial charge in [0.25, 0.3) is 0 Å². The SMILES string of the molecule is CCn1nc(C#Cc2cc(NC(=O)N3OCC[C@@H]3c3cccc(Cl)c3F)ccc2C)c2c(N)ncnc21. The molecule has 5 rings (SSSR count). The number of fused-ring (bicyclic) bond motifs is 1. The van der Waals surface area contributed by atoms with Crippen molar-refractivity contribution in [3.63, 3.8) is 0 Å². The van der Waals surface area contributed by atoms with E-state index >= 15 is 0 Å². The van der Waals surface area contributed by atoms with Gasteiger partial charge in [0.05, 0.1) is 23.1 Å². The maximum absolute atomic E-state index is 14.6. The Morgan fingerprint density at radius 2 is 2.14 bits per heavy atom. The Balaban J connectivity index is 1.40. The normalized spacial score (nSPS) is 15.0. The van der Waals surface area contributed by atoms with Gasteiger partial charge in [-0.3, -0.25) is 4.84 Å². The molecule has 1 fully saturated rings. The van der Waals surface area contributed by atoms with Crippen molar-refractivity contribution < 1.29 is 14.0 Å². The molecule has 0 aliphatic carbocycles. The highest BCUT2D eigenvalue weighted by molar-refractivity contribution is 6.30. The average Bonchev–Trinajstić information content (AvgIpc) is 3.52. The fourth-order valence-electron chi connectivity index (χ4n) is 4.21. The first kappa shape index (κ1) is 24.5. The maximum atomic E-state index is 14.6. The standard InChI is InChI=1S/C26H23ClFN7O2/c1-3-34-25-22(24(29)30-14-31-25)20(33-34)10-8-16-13-17(9-7-15(16)2)32-26(36)35-21(11-12-37-35)18-5-4-6-19(27)23(18)28/h4-7,9,13-14,21H,3,11-12H2,1-2H3,(H,32,36)(H2,29,30,31)/t21-/m1/s1. The maximum Gasteiger partial charge on any atom is 0.346 e. The highest BCUT2D eigenvalue weighted by Crippen LogP contribution is 2.34. The van der Waals surface area contributed by atoms with Crippen LogP contribution in [0.25, 0.3) is 11.0 Å². The molecular formula is C26H23ClFN7O2. The van der Waals surface area contributed by atoms with E-state index in [0.717, 1.165) is 10.6 Å². The Hall–Kier alpha value is -4.20. The van der Waals surface area contributed by atoms with Gasteiger partial charge in [-0.15, -0.1) is 0 Å². The minimum atomic E-state index is -0.599. The lowest BCUT2D eigenvalue weighted by Gasteiger charge is -2.23. The number of aryl methyl sites for hydroxylation is 2. The summed E-state index contributed by atoms with van der Waals surface area (Å²) in [5, 5.41) is 9.07. The van der Waals surface area contributed by atoms with Crippen LogP contribution >= 0.6 is 11.6 Å². The molecule has 2 aromatic heterocycles. The van der Waals surface area contributed by atoms with Gasteiger partial charge in [-0.1, -0.05) is 35.7 Å². The Bertz CT molecular complexity index is 1580. The summed E-state index contributed by atoms with van der Waals surface area (Å²) < 4.78 is 16.3. The van der Waals surface area contributed by atoms with E-state index in [2.05, 4.69) is 32.2 Å². The minimum Gasteiger partial charge on any atom is -0.383 e. The third-order valence-corrected chi connectivity index (χ3v) is 6.40. The van der Waals surface area contributed by atoms with E-state index in [-0.39, 0.29) is 11.6 Å². The van der Waals surface area contributed by atoms with Gasteiger partial charge in [-0.25, -0.2) is 23.8 Å². The highest BCUT2D eigenvalue weighted by atomic mass is 35.5. The Labute approximate surface area is 217 Å². The van der Waals surface area contributed by atoms with Gasteiger partial charge in [0, 0.05) is 29.8 Å². The van der Waals surface area contributed by atoms with Gasteiger partial charge < -0.3 is 11.1 Å². The molecule has 0 bridgehead atoms. The van der Waals surface area contributed by atoms with Crippen molar-refractivity contribution in [2.24, 2.45) is 0 Å². The quantitative estimate of drug-likeness (QED) is 0.375. The number of benzene rings is 2. The number of nitrogens with two attached hydrogens (primary N) is 1. The number of urea groups is 1. The van der Waals surface area contributed by atoms with Crippen LogP contribution in [-0.4, -0.2) is 37.4 Å². The second-order valence-electron chi connectivity index (χ2n) is 8.44. The second-order valence-corrected chi connectivity index (χ2v) is 8.85. The molecule has 188 valence electrons. The Morgan fingerprint density at radius 1 is 1.30 bits per heavy atom. The number of carbonyl (C=O) groups excluding carboxylic acids is 1. The van der Waals surface area contributed by atoms with Crippen LogP contribution in [0.3, 0.4) is 0 Å². The number of nitrogens with one attached hydrogen (secondary N) is 1. The first-order valence-corrected chi connectivity index (χ1v) is 12.0. The van der Waals surface area contributed by atoms with E-state index in [0.29, 0.717) is 52.3 Å². The number of hydrogen-bond donors (Lipinski definition) is 2. The molecule has 1 aliphatic heterocycles. The number of amides is 2. The van der Waals surface area contributed by atoms with Crippen molar-refractivity contribution in [3.05, 3.63) is 75.9 Å². The number of nitrogens with zero attached hydrogens (tertiary/aromatic N) is 5. The smallest absolute Gasteiger partial charge is 0.346 e. The van der Waals surface area contributed by atoms with Crippen molar-refractivity contribution in [1.82, 2.24) is 24.8 Å². The van der Waals surface area contributed by atoms with Gasteiger partial charge in [-0.2, -0.15) is 10.2 Å². The van der Waals surface area contributed by atoms with Crippen molar-refractivity contribution in [2.45, 2.75) is 32.9 Å². The summed E-state index contributed by atoms with van der Waals surface area (Å²) in [6.07, 6.45) is 1.84. The van der Waals surface area contributed by atoms with Crippen LogP contribution in [0, 0.1) is 24.6 Å². The molecule has 1 aliphatic rings. The largest absolute Gasteiger partial charge is 0.383 e. The summed E-state index contributed by atoms with van der Waals surface area (Å²) in [7, 11) is 0. The summed E-state index contributed by atoms with van der Waals surface area (Å²) in [5.74, 6) is 5.94. The zero-order chi connectivity index (χ0) is 26.1. The Kier molecular flexibility index (Phi) is 6.65. The Morgan fingerprint density at radius 3 is 2.95 bits per heavy atom.